The minimum Gasteiger partial charge on any atom is -0.368 e. The van der Waals surface area contributed by atoms with E-state index in [1.165, 1.54) is 6.20 Å². The number of nitrogens with two attached hydrogens (primary N) is 1. The first-order valence-electron chi connectivity index (χ1n) is 4.86. The molecule has 17 heavy (non-hydrogen) atoms. The molecule has 0 unspecified atom stereocenters. The molecule has 0 aliphatic heterocycles. The van der Waals surface area contributed by atoms with Gasteiger partial charge >= 0.3 is 0 Å². The van der Waals surface area contributed by atoms with E-state index < -0.39 is 11.8 Å². The lowest BCUT2D eigenvalue weighted by molar-refractivity contribution is -0.117. The van der Waals surface area contributed by atoms with Crippen molar-refractivity contribution >= 4 is 22.9 Å². The van der Waals surface area contributed by atoms with Gasteiger partial charge in [-0.3, -0.25) is 9.59 Å². The number of primary amides is 1. The Morgan fingerprint density at radius 1 is 1.53 bits per heavy atom. The monoisotopic (exact) mass is 234 g/mol. The number of rotatable bonds is 3. The summed E-state index contributed by atoms with van der Waals surface area (Å²) < 4.78 is 4.91. The van der Waals surface area contributed by atoms with E-state index in [2.05, 4.69) is 15.5 Å². The van der Waals surface area contributed by atoms with Gasteiger partial charge in [-0.25, -0.2) is 4.98 Å². The molecular weight excluding hydrogens is 224 g/mol. The van der Waals surface area contributed by atoms with Gasteiger partial charge < -0.3 is 15.6 Å². The lowest BCUT2D eigenvalue weighted by atomic mass is 10.2. The second-order valence-electron chi connectivity index (χ2n) is 3.49. The number of amides is 2. The Morgan fingerprint density at radius 2 is 2.29 bits per heavy atom. The summed E-state index contributed by atoms with van der Waals surface area (Å²) in [5.74, 6) is -1.02. The zero-order valence-corrected chi connectivity index (χ0v) is 9.06. The number of aromatic nitrogens is 2. The van der Waals surface area contributed by atoms with Crippen molar-refractivity contribution in [2.45, 2.75) is 6.92 Å². The summed E-state index contributed by atoms with van der Waals surface area (Å²) in [7, 11) is 0. The second-order valence-corrected chi connectivity index (χ2v) is 3.49. The fraction of sp³-hybridized carbons (Fsp3) is 0.200. The molecule has 0 aliphatic carbocycles. The van der Waals surface area contributed by atoms with Gasteiger partial charge in [-0.1, -0.05) is 5.16 Å². The first-order chi connectivity index (χ1) is 8.08. The van der Waals surface area contributed by atoms with Gasteiger partial charge in [0.2, 0.25) is 5.91 Å². The van der Waals surface area contributed by atoms with Gasteiger partial charge in [0.15, 0.2) is 0 Å². The average molecular weight is 234 g/mol. The molecule has 7 nitrogen and oxygen atoms in total. The molecular formula is C10H10N4O3. The molecule has 0 spiro atoms. The second kappa shape index (κ2) is 4.20. The molecule has 2 heterocycles. The van der Waals surface area contributed by atoms with E-state index >= 15 is 0 Å². The molecule has 3 N–H and O–H groups in total. The lowest BCUT2D eigenvalue weighted by Crippen LogP contribution is -2.33. The molecule has 0 atom stereocenters. The van der Waals surface area contributed by atoms with Crippen LogP contribution >= 0.6 is 0 Å². The highest BCUT2D eigenvalue weighted by molar-refractivity contribution is 5.98. The molecule has 0 radical (unpaired) electrons. The summed E-state index contributed by atoms with van der Waals surface area (Å²) in [5, 5.41) is 6.76. The van der Waals surface area contributed by atoms with Gasteiger partial charge in [0.25, 0.3) is 11.6 Å². The zero-order chi connectivity index (χ0) is 12.4. The van der Waals surface area contributed by atoms with Crippen molar-refractivity contribution < 1.29 is 14.1 Å². The van der Waals surface area contributed by atoms with Crippen molar-refractivity contribution in [3.05, 3.63) is 23.5 Å². The smallest absolute Gasteiger partial charge is 0.257 e. The van der Waals surface area contributed by atoms with E-state index in [-0.39, 0.29) is 6.54 Å². The van der Waals surface area contributed by atoms with Crippen LogP contribution in [0.2, 0.25) is 0 Å². The third kappa shape index (κ3) is 2.22. The van der Waals surface area contributed by atoms with E-state index in [1.54, 1.807) is 13.0 Å². The number of nitrogens with zero attached hydrogens (tertiary/aromatic N) is 2. The third-order valence-corrected chi connectivity index (χ3v) is 2.20. The van der Waals surface area contributed by atoms with E-state index in [0.29, 0.717) is 22.4 Å². The van der Waals surface area contributed by atoms with Crippen molar-refractivity contribution in [1.29, 1.82) is 0 Å². The molecule has 2 aromatic heterocycles. The van der Waals surface area contributed by atoms with Crippen molar-refractivity contribution in [1.82, 2.24) is 15.5 Å². The quantitative estimate of drug-likeness (QED) is 0.760. The highest BCUT2D eigenvalue weighted by atomic mass is 16.5. The Kier molecular flexibility index (Phi) is 2.73. The van der Waals surface area contributed by atoms with Crippen LogP contribution in [0.15, 0.2) is 16.8 Å². The van der Waals surface area contributed by atoms with Crippen LogP contribution in [-0.4, -0.2) is 28.5 Å². The minimum absolute atomic E-state index is 0.209. The summed E-state index contributed by atoms with van der Waals surface area (Å²) in [6.45, 7) is 1.54. The Morgan fingerprint density at radius 3 is 3.00 bits per heavy atom. The Bertz CT molecular complexity index is 590. The fourth-order valence-electron chi connectivity index (χ4n) is 1.34. The first kappa shape index (κ1) is 11.1. The lowest BCUT2D eigenvalue weighted by Gasteiger charge is -2.01. The highest BCUT2D eigenvalue weighted by Crippen LogP contribution is 2.16. The number of fused-ring (bicyclic) bond motifs is 1. The summed E-state index contributed by atoms with van der Waals surface area (Å²) in [6, 6.07) is 1.60. The van der Waals surface area contributed by atoms with Crippen LogP contribution in [-0.2, 0) is 4.79 Å². The predicted molar refractivity (Wildman–Crippen MR) is 58.1 cm³/mol. The fourth-order valence-corrected chi connectivity index (χ4v) is 1.34. The standard InChI is InChI=1S/C10H10N4O3/c1-5-7-2-6(3-13-10(7)17-14-5)9(16)12-4-8(11)15/h2-3H,4H2,1H3,(H2,11,15)(H,12,16). The number of hydrogen-bond donors (Lipinski definition) is 2. The van der Waals surface area contributed by atoms with E-state index in [9.17, 15) is 9.59 Å². The zero-order valence-electron chi connectivity index (χ0n) is 9.06. The molecule has 2 amide bonds. The van der Waals surface area contributed by atoms with Crippen molar-refractivity contribution in [2.75, 3.05) is 6.54 Å². The maximum atomic E-state index is 11.6. The number of pyridine rings is 1. The van der Waals surface area contributed by atoms with Crippen molar-refractivity contribution in [3.63, 3.8) is 0 Å². The van der Waals surface area contributed by atoms with Crippen molar-refractivity contribution in [3.8, 4) is 0 Å². The predicted octanol–water partition coefficient (Wildman–Crippen LogP) is -0.254. The van der Waals surface area contributed by atoms with Gasteiger partial charge in [-0.15, -0.1) is 0 Å². The van der Waals surface area contributed by atoms with Gasteiger partial charge in [-0.2, -0.15) is 0 Å². The Hall–Kier alpha value is -2.44. The van der Waals surface area contributed by atoms with E-state index in [0.717, 1.165) is 0 Å². The normalized spacial score (nSPS) is 10.4. The minimum atomic E-state index is -0.603. The van der Waals surface area contributed by atoms with Crippen LogP contribution in [0.1, 0.15) is 16.1 Å². The summed E-state index contributed by atoms with van der Waals surface area (Å²) in [6.07, 6.45) is 1.35. The van der Waals surface area contributed by atoms with Crippen LogP contribution in [0.4, 0.5) is 0 Å². The maximum absolute atomic E-state index is 11.6. The molecule has 2 rings (SSSR count). The molecule has 0 aliphatic rings. The van der Waals surface area contributed by atoms with Crippen LogP contribution < -0.4 is 11.1 Å². The SMILES string of the molecule is Cc1noc2ncc(C(=O)NCC(N)=O)cc12. The largest absolute Gasteiger partial charge is 0.368 e. The molecule has 0 aromatic carbocycles. The van der Waals surface area contributed by atoms with Gasteiger partial charge in [-0.05, 0) is 13.0 Å². The van der Waals surface area contributed by atoms with Crippen LogP contribution in [0.25, 0.3) is 11.1 Å². The topological polar surface area (TPSA) is 111 Å². The number of nitrogens with one attached hydrogen (secondary N) is 1. The first-order valence-corrected chi connectivity index (χ1v) is 4.86. The van der Waals surface area contributed by atoms with Crippen LogP contribution in [0.5, 0.6) is 0 Å². The summed E-state index contributed by atoms with van der Waals surface area (Å²) in [4.78, 5) is 26.1. The molecule has 0 bridgehead atoms. The molecule has 2 aromatic rings. The van der Waals surface area contributed by atoms with Gasteiger partial charge in [0.05, 0.1) is 23.2 Å². The Balaban J connectivity index is 2.26. The number of aryl methyl sites for hydroxylation is 1. The number of carbonyl (C=O) groups excluding carboxylic acids is 2. The number of hydrogen-bond acceptors (Lipinski definition) is 5. The Labute approximate surface area is 96.0 Å². The van der Waals surface area contributed by atoms with E-state index in [4.69, 9.17) is 10.3 Å². The highest BCUT2D eigenvalue weighted by Gasteiger charge is 2.11. The summed E-state index contributed by atoms with van der Waals surface area (Å²) >= 11 is 0. The van der Waals surface area contributed by atoms with Crippen molar-refractivity contribution in [2.24, 2.45) is 5.73 Å². The summed E-state index contributed by atoms with van der Waals surface area (Å²) in [5.41, 5.74) is 6.27. The molecule has 7 heteroatoms. The van der Waals surface area contributed by atoms with Crippen LogP contribution in [0.3, 0.4) is 0 Å². The van der Waals surface area contributed by atoms with Gasteiger partial charge in [0.1, 0.15) is 0 Å². The maximum Gasteiger partial charge on any atom is 0.257 e. The number of carbonyl (C=O) groups is 2. The van der Waals surface area contributed by atoms with Gasteiger partial charge in [0, 0.05) is 6.20 Å². The third-order valence-electron chi connectivity index (χ3n) is 2.20. The molecule has 0 fully saturated rings. The molecule has 0 saturated heterocycles. The van der Waals surface area contributed by atoms with Crippen LogP contribution in [0, 0.1) is 6.92 Å². The van der Waals surface area contributed by atoms with E-state index in [1.807, 2.05) is 0 Å². The average Bonchev–Trinajstić information content (AvgIpc) is 2.67. The molecule has 88 valence electrons. The molecule has 0 saturated carbocycles.